The summed E-state index contributed by atoms with van der Waals surface area (Å²) in [6.45, 7) is 10.9. The van der Waals surface area contributed by atoms with Gasteiger partial charge < -0.3 is 33.2 Å². The molecule has 0 aromatic heterocycles. The van der Waals surface area contributed by atoms with E-state index < -0.39 is 0 Å². The maximum atomic E-state index is 5.46. The van der Waals surface area contributed by atoms with Gasteiger partial charge in [-0.2, -0.15) is 0 Å². The highest BCUT2D eigenvalue weighted by Gasteiger charge is 1.94. The largest absolute Gasteiger partial charge is 0.499 e. The third-order valence-corrected chi connectivity index (χ3v) is 4.47. The number of rotatable bonds is 28. The van der Waals surface area contributed by atoms with Gasteiger partial charge in [-0.1, -0.05) is 63.8 Å². The van der Waals surface area contributed by atoms with E-state index in [1.54, 1.807) is 12.5 Å². The molecule has 7 nitrogen and oxygen atoms in total. The Bertz CT molecular complexity index is 460. The number of hydrogen-bond donors (Lipinski definition) is 0. The molecule has 0 unspecified atom stereocenters. The van der Waals surface area contributed by atoms with Crippen molar-refractivity contribution in [3.05, 3.63) is 49.0 Å². The van der Waals surface area contributed by atoms with Crippen molar-refractivity contribution in [1.82, 2.24) is 0 Å². The van der Waals surface area contributed by atoms with Crippen molar-refractivity contribution in [1.29, 1.82) is 0 Å². The van der Waals surface area contributed by atoms with Crippen LogP contribution in [-0.2, 0) is 33.2 Å². The summed E-state index contributed by atoms with van der Waals surface area (Å²) in [5.41, 5.74) is 0. The Balaban J connectivity index is 3.13. The molecule has 0 spiro atoms. The molecule has 0 amide bonds. The molecule has 0 rings (SSSR count). The maximum absolute atomic E-state index is 5.46. The first-order chi connectivity index (χ1) is 17.4. The van der Waals surface area contributed by atoms with Crippen molar-refractivity contribution in [3.63, 3.8) is 0 Å². The molecule has 0 fully saturated rings. The Morgan fingerprint density at radius 3 is 1.03 bits per heavy atom. The van der Waals surface area contributed by atoms with Crippen molar-refractivity contribution in [3.8, 4) is 0 Å². The molecule has 0 aliphatic rings. The van der Waals surface area contributed by atoms with Gasteiger partial charge in [-0.25, -0.2) is 0 Å². The Kier molecular flexibility index (Phi) is 30.8. The van der Waals surface area contributed by atoms with Crippen LogP contribution in [0.15, 0.2) is 49.0 Å². The van der Waals surface area contributed by atoms with Crippen molar-refractivity contribution < 1.29 is 33.2 Å². The van der Waals surface area contributed by atoms with Crippen LogP contribution in [0.5, 0.6) is 0 Å². The van der Waals surface area contributed by atoms with Gasteiger partial charge in [0.25, 0.3) is 0 Å². The van der Waals surface area contributed by atoms with Crippen molar-refractivity contribution in [2.75, 3.05) is 79.3 Å². The zero-order chi connectivity index (χ0) is 25.3. The van der Waals surface area contributed by atoms with Crippen molar-refractivity contribution in [2.24, 2.45) is 0 Å². The fourth-order valence-corrected chi connectivity index (χ4v) is 2.53. The molecule has 204 valence electrons. The number of allylic oxidation sites excluding steroid dienone is 6. The second-order valence-electron chi connectivity index (χ2n) is 7.60. The second kappa shape index (κ2) is 32.4. The molecular formula is C28H50O7. The average Bonchev–Trinajstić information content (AvgIpc) is 2.87. The van der Waals surface area contributed by atoms with Crippen LogP contribution < -0.4 is 0 Å². The Hall–Kier alpha value is -1.64. The highest BCUT2D eigenvalue weighted by Crippen LogP contribution is 1.96. The molecule has 0 heterocycles. The minimum atomic E-state index is 0.537. The molecule has 0 aliphatic carbocycles. The molecule has 0 N–H and O–H groups in total. The van der Waals surface area contributed by atoms with E-state index in [9.17, 15) is 0 Å². The van der Waals surface area contributed by atoms with Crippen LogP contribution in [0, 0.1) is 0 Å². The van der Waals surface area contributed by atoms with Crippen LogP contribution in [0.3, 0.4) is 0 Å². The van der Waals surface area contributed by atoms with Crippen LogP contribution in [0.25, 0.3) is 0 Å². The summed E-state index contributed by atoms with van der Waals surface area (Å²) >= 11 is 0. The van der Waals surface area contributed by atoms with Crippen LogP contribution in [0.2, 0.25) is 0 Å². The average molecular weight is 499 g/mol. The van der Waals surface area contributed by atoms with Gasteiger partial charge >= 0.3 is 0 Å². The summed E-state index contributed by atoms with van der Waals surface area (Å²) in [6.07, 6.45) is 22.7. The first kappa shape index (κ1) is 33.4. The molecule has 0 aliphatic heterocycles. The van der Waals surface area contributed by atoms with E-state index in [2.05, 4.69) is 26.0 Å². The standard InChI is InChI=1S/C28H50O7/c1-3-5-7-9-11-13-15-29-17-19-31-21-23-33-25-27-35-28-26-34-24-22-32-20-18-30-16-14-12-10-8-6-4-2/h9-16H,3-8,17-28H2,1-2H3. The number of hydrogen-bond acceptors (Lipinski definition) is 7. The normalized spacial score (nSPS) is 12.2. The maximum Gasteiger partial charge on any atom is 0.111 e. The highest BCUT2D eigenvalue weighted by atomic mass is 16.6. The fraction of sp³-hybridized carbons (Fsp3) is 0.714. The Morgan fingerprint density at radius 2 is 0.714 bits per heavy atom. The predicted octanol–water partition coefficient (Wildman–Crippen LogP) is 5.62. The molecule has 0 aromatic rings. The van der Waals surface area contributed by atoms with E-state index in [0.29, 0.717) is 79.3 Å². The van der Waals surface area contributed by atoms with Gasteiger partial charge in [-0.3, -0.25) is 0 Å². The fourth-order valence-electron chi connectivity index (χ4n) is 2.53. The lowest BCUT2D eigenvalue weighted by Gasteiger charge is -2.08. The molecule has 0 bridgehead atoms. The van der Waals surface area contributed by atoms with Gasteiger partial charge in [0.15, 0.2) is 0 Å². The quantitative estimate of drug-likeness (QED) is 0.0788. The molecule has 0 saturated carbocycles. The highest BCUT2D eigenvalue weighted by molar-refractivity contribution is 5.00. The Morgan fingerprint density at radius 1 is 0.400 bits per heavy atom. The van der Waals surface area contributed by atoms with Crippen molar-refractivity contribution >= 4 is 0 Å². The molecule has 0 saturated heterocycles. The van der Waals surface area contributed by atoms with Gasteiger partial charge in [-0.15, -0.1) is 0 Å². The van der Waals surface area contributed by atoms with E-state index in [1.165, 1.54) is 25.7 Å². The lowest BCUT2D eigenvalue weighted by molar-refractivity contribution is -0.0158. The van der Waals surface area contributed by atoms with Crippen LogP contribution in [0.4, 0.5) is 0 Å². The van der Waals surface area contributed by atoms with E-state index in [4.69, 9.17) is 33.2 Å². The SMILES string of the molecule is CCCCC=CC=COCCOCCOCCOCCOCCOCCOC=CC=CCCCC. The first-order valence-electron chi connectivity index (χ1n) is 13.2. The summed E-state index contributed by atoms with van der Waals surface area (Å²) in [7, 11) is 0. The molecule has 7 heteroatoms. The van der Waals surface area contributed by atoms with Crippen molar-refractivity contribution in [2.45, 2.75) is 52.4 Å². The predicted molar refractivity (Wildman–Crippen MR) is 142 cm³/mol. The lowest BCUT2D eigenvalue weighted by atomic mass is 10.2. The zero-order valence-electron chi connectivity index (χ0n) is 22.2. The van der Waals surface area contributed by atoms with Gasteiger partial charge in [0.2, 0.25) is 0 Å². The van der Waals surface area contributed by atoms with Crippen LogP contribution in [0.1, 0.15) is 52.4 Å². The minimum Gasteiger partial charge on any atom is -0.499 e. The molecule has 0 aromatic carbocycles. The van der Waals surface area contributed by atoms with E-state index in [-0.39, 0.29) is 0 Å². The number of unbranched alkanes of at least 4 members (excludes halogenated alkanes) is 4. The van der Waals surface area contributed by atoms with Crippen LogP contribution in [-0.4, -0.2) is 79.3 Å². The molecule has 35 heavy (non-hydrogen) atoms. The molecule has 0 radical (unpaired) electrons. The van der Waals surface area contributed by atoms with Gasteiger partial charge in [0.05, 0.1) is 78.6 Å². The summed E-state index contributed by atoms with van der Waals surface area (Å²) < 4.78 is 38.0. The molecule has 0 atom stereocenters. The zero-order valence-corrected chi connectivity index (χ0v) is 22.2. The Labute approximate surface area is 214 Å². The van der Waals surface area contributed by atoms with Gasteiger partial charge in [0, 0.05) is 0 Å². The first-order valence-corrected chi connectivity index (χ1v) is 13.2. The smallest absolute Gasteiger partial charge is 0.111 e. The second-order valence-corrected chi connectivity index (χ2v) is 7.60. The monoisotopic (exact) mass is 498 g/mol. The molecular weight excluding hydrogens is 448 g/mol. The third-order valence-electron chi connectivity index (χ3n) is 4.47. The van der Waals surface area contributed by atoms with E-state index in [1.807, 2.05) is 24.3 Å². The minimum absolute atomic E-state index is 0.537. The summed E-state index contributed by atoms with van der Waals surface area (Å²) in [6, 6.07) is 0. The van der Waals surface area contributed by atoms with Gasteiger partial charge in [-0.05, 0) is 25.0 Å². The summed E-state index contributed by atoms with van der Waals surface area (Å²) in [4.78, 5) is 0. The summed E-state index contributed by atoms with van der Waals surface area (Å²) in [5, 5.41) is 0. The van der Waals surface area contributed by atoms with Gasteiger partial charge in [0.1, 0.15) is 13.2 Å². The number of ether oxygens (including phenoxy) is 7. The topological polar surface area (TPSA) is 64.6 Å². The lowest BCUT2D eigenvalue weighted by Crippen LogP contribution is -2.14. The summed E-state index contributed by atoms with van der Waals surface area (Å²) in [5.74, 6) is 0. The van der Waals surface area contributed by atoms with E-state index in [0.717, 1.165) is 12.8 Å². The van der Waals surface area contributed by atoms with E-state index >= 15 is 0 Å². The van der Waals surface area contributed by atoms with Crippen LogP contribution >= 0.6 is 0 Å². The third kappa shape index (κ3) is 32.4.